The third kappa shape index (κ3) is 3.33. The highest BCUT2D eigenvalue weighted by molar-refractivity contribution is 7.19. The summed E-state index contributed by atoms with van der Waals surface area (Å²) in [5.41, 5.74) is 1.47. The number of thiazole rings is 1. The van der Waals surface area contributed by atoms with Crippen LogP contribution in [0.1, 0.15) is 10.6 Å². The number of nitro groups is 1. The molecular weight excluding hydrogens is 336 g/mol. The topological polar surface area (TPSA) is 65.3 Å². The first-order valence-corrected chi connectivity index (χ1v) is 7.83. The highest BCUT2D eigenvalue weighted by Gasteiger charge is 2.11. The van der Waals surface area contributed by atoms with E-state index in [4.69, 9.17) is 16.3 Å². The lowest BCUT2D eigenvalue weighted by molar-refractivity contribution is -0.384. The van der Waals surface area contributed by atoms with Crippen LogP contribution in [0.15, 0.2) is 36.4 Å². The molecule has 0 bridgehead atoms. The number of methoxy groups -OCH3 is 1. The molecule has 0 aliphatic rings. The van der Waals surface area contributed by atoms with Gasteiger partial charge in [0.1, 0.15) is 15.8 Å². The zero-order valence-corrected chi connectivity index (χ0v) is 13.6. The molecule has 23 heavy (non-hydrogen) atoms. The van der Waals surface area contributed by atoms with Gasteiger partial charge >= 0.3 is 0 Å². The Labute approximate surface area is 141 Å². The number of halogens is 1. The summed E-state index contributed by atoms with van der Waals surface area (Å²) in [7, 11) is 1.62. The molecule has 5 nitrogen and oxygen atoms in total. The fraction of sp³-hybridized carbons (Fsp3) is 0.0625. The van der Waals surface area contributed by atoms with Crippen LogP contribution in [0.25, 0.3) is 22.4 Å². The largest absolute Gasteiger partial charge is 0.497 e. The predicted molar refractivity (Wildman–Crippen MR) is 93.2 cm³/mol. The number of nitro benzene ring substituents is 1. The van der Waals surface area contributed by atoms with Gasteiger partial charge in [-0.2, -0.15) is 0 Å². The lowest BCUT2D eigenvalue weighted by atomic mass is 10.2. The first-order valence-electron chi connectivity index (χ1n) is 6.63. The zero-order valence-electron chi connectivity index (χ0n) is 12.0. The Balaban J connectivity index is 1.90. The number of rotatable bonds is 4. The lowest BCUT2D eigenvalue weighted by Crippen LogP contribution is -1.89. The standard InChI is InChI=1S/C16H11ClN2O3S/c1-22-11-4-6-13-15(9-11)23-16(18-13)7-3-10-2-5-12(17)14(8-10)19(20)21/h2-9H,1H3/b7-3+. The molecule has 0 aliphatic heterocycles. The van der Waals surface area contributed by atoms with Gasteiger partial charge in [0.2, 0.25) is 0 Å². The number of ether oxygens (including phenoxy) is 1. The van der Waals surface area contributed by atoms with E-state index in [9.17, 15) is 10.1 Å². The van der Waals surface area contributed by atoms with Crippen molar-refractivity contribution in [2.24, 2.45) is 0 Å². The van der Waals surface area contributed by atoms with E-state index in [0.717, 1.165) is 21.0 Å². The Bertz CT molecular complexity index is 921. The molecule has 0 spiro atoms. The van der Waals surface area contributed by atoms with Crippen molar-refractivity contribution in [2.45, 2.75) is 0 Å². The van der Waals surface area contributed by atoms with Crippen LogP contribution in [0.4, 0.5) is 5.69 Å². The Kier molecular flexibility index (Phi) is 4.27. The van der Waals surface area contributed by atoms with Gasteiger partial charge in [0.05, 0.1) is 22.2 Å². The van der Waals surface area contributed by atoms with Crippen molar-refractivity contribution in [2.75, 3.05) is 7.11 Å². The fourth-order valence-corrected chi connectivity index (χ4v) is 3.15. The van der Waals surface area contributed by atoms with E-state index in [-0.39, 0.29) is 10.7 Å². The Morgan fingerprint density at radius 1 is 1.26 bits per heavy atom. The molecule has 0 saturated carbocycles. The fourth-order valence-electron chi connectivity index (χ4n) is 2.06. The van der Waals surface area contributed by atoms with Gasteiger partial charge in [-0.15, -0.1) is 11.3 Å². The van der Waals surface area contributed by atoms with Gasteiger partial charge in [-0.05, 0) is 35.9 Å². The third-order valence-electron chi connectivity index (χ3n) is 3.20. The number of nitrogens with zero attached hydrogens (tertiary/aromatic N) is 2. The lowest BCUT2D eigenvalue weighted by Gasteiger charge is -1.96. The van der Waals surface area contributed by atoms with Crippen LogP contribution in [0.5, 0.6) is 5.75 Å². The Morgan fingerprint density at radius 2 is 2.09 bits per heavy atom. The zero-order chi connectivity index (χ0) is 16.4. The summed E-state index contributed by atoms with van der Waals surface area (Å²) >= 11 is 7.32. The van der Waals surface area contributed by atoms with Gasteiger partial charge in [0.15, 0.2) is 0 Å². The highest BCUT2D eigenvalue weighted by Crippen LogP contribution is 2.29. The third-order valence-corrected chi connectivity index (χ3v) is 4.50. The maximum atomic E-state index is 10.9. The van der Waals surface area contributed by atoms with Crippen molar-refractivity contribution in [3.63, 3.8) is 0 Å². The summed E-state index contributed by atoms with van der Waals surface area (Å²) < 4.78 is 6.21. The summed E-state index contributed by atoms with van der Waals surface area (Å²) in [4.78, 5) is 14.9. The summed E-state index contributed by atoms with van der Waals surface area (Å²) in [5.74, 6) is 0.782. The minimum absolute atomic E-state index is 0.108. The molecule has 0 N–H and O–H groups in total. The molecule has 116 valence electrons. The number of hydrogen-bond acceptors (Lipinski definition) is 5. The second kappa shape index (κ2) is 6.36. The summed E-state index contributed by atoms with van der Waals surface area (Å²) in [6.45, 7) is 0. The van der Waals surface area contributed by atoms with E-state index in [0.29, 0.717) is 5.56 Å². The smallest absolute Gasteiger partial charge is 0.288 e. The Morgan fingerprint density at radius 3 is 2.83 bits per heavy atom. The molecule has 7 heteroatoms. The van der Waals surface area contributed by atoms with Gasteiger partial charge in [-0.1, -0.05) is 23.7 Å². The average molecular weight is 347 g/mol. The maximum absolute atomic E-state index is 10.9. The van der Waals surface area contributed by atoms with Crippen molar-refractivity contribution in [3.8, 4) is 5.75 Å². The molecule has 3 aromatic rings. The normalized spacial score (nSPS) is 11.2. The minimum atomic E-state index is -0.496. The maximum Gasteiger partial charge on any atom is 0.288 e. The van der Waals surface area contributed by atoms with Gasteiger partial charge < -0.3 is 4.74 Å². The molecule has 0 atom stereocenters. The number of fused-ring (bicyclic) bond motifs is 1. The van der Waals surface area contributed by atoms with Crippen molar-refractivity contribution < 1.29 is 9.66 Å². The van der Waals surface area contributed by atoms with Crippen molar-refractivity contribution in [1.82, 2.24) is 4.98 Å². The molecule has 0 radical (unpaired) electrons. The van der Waals surface area contributed by atoms with Gasteiger partial charge in [0.25, 0.3) is 5.69 Å². The second-order valence-electron chi connectivity index (χ2n) is 4.69. The molecule has 0 fully saturated rings. The van der Waals surface area contributed by atoms with E-state index in [2.05, 4.69) is 4.98 Å². The molecule has 0 aliphatic carbocycles. The first kappa shape index (κ1) is 15.5. The highest BCUT2D eigenvalue weighted by atomic mass is 35.5. The predicted octanol–water partition coefficient (Wildman–Crippen LogP) is 5.04. The van der Waals surface area contributed by atoms with E-state index >= 15 is 0 Å². The average Bonchev–Trinajstić information content (AvgIpc) is 2.95. The van der Waals surface area contributed by atoms with Crippen LogP contribution in [0.3, 0.4) is 0 Å². The number of benzene rings is 2. The second-order valence-corrected chi connectivity index (χ2v) is 6.16. The minimum Gasteiger partial charge on any atom is -0.497 e. The van der Waals surface area contributed by atoms with Crippen molar-refractivity contribution in [3.05, 3.63) is 62.1 Å². The van der Waals surface area contributed by atoms with E-state index in [1.54, 1.807) is 19.3 Å². The molecule has 1 heterocycles. The number of hydrogen-bond donors (Lipinski definition) is 0. The van der Waals surface area contributed by atoms with E-state index < -0.39 is 4.92 Å². The molecule has 0 saturated heterocycles. The van der Waals surface area contributed by atoms with Crippen LogP contribution in [-0.4, -0.2) is 17.0 Å². The molecule has 0 unspecified atom stereocenters. The van der Waals surface area contributed by atoms with Gasteiger partial charge in [-0.25, -0.2) is 4.98 Å². The van der Waals surface area contributed by atoms with Gasteiger partial charge in [-0.3, -0.25) is 10.1 Å². The summed E-state index contributed by atoms with van der Waals surface area (Å²) in [5, 5.41) is 11.8. The van der Waals surface area contributed by atoms with Crippen LogP contribution in [0.2, 0.25) is 5.02 Å². The monoisotopic (exact) mass is 346 g/mol. The summed E-state index contributed by atoms with van der Waals surface area (Å²) in [6, 6.07) is 10.4. The molecular formula is C16H11ClN2O3S. The molecule has 3 rings (SSSR count). The van der Waals surface area contributed by atoms with E-state index in [1.165, 1.54) is 23.5 Å². The quantitative estimate of drug-likeness (QED) is 0.490. The Hall–Kier alpha value is -2.44. The molecule has 0 amide bonds. The van der Waals surface area contributed by atoms with E-state index in [1.807, 2.05) is 24.3 Å². The van der Waals surface area contributed by atoms with Crippen LogP contribution in [0, 0.1) is 10.1 Å². The number of aromatic nitrogens is 1. The summed E-state index contributed by atoms with van der Waals surface area (Å²) in [6.07, 6.45) is 3.60. The molecule has 2 aromatic carbocycles. The van der Waals surface area contributed by atoms with Crippen LogP contribution < -0.4 is 4.74 Å². The van der Waals surface area contributed by atoms with Crippen LogP contribution in [-0.2, 0) is 0 Å². The van der Waals surface area contributed by atoms with Crippen LogP contribution >= 0.6 is 22.9 Å². The SMILES string of the molecule is COc1ccc2nc(/C=C/c3ccc(Cl)c([N+](=O)[O-])c3)sc2c1. The van der Waals surface area contributed by atoms with Crippen molar-refractivity contribution >= 4 is 51.0 Å². The van der Waals surface area contributed by atoms with Crippen molar-refractivity contribution in [1.29, 1.82) is 0 Å². The molecule has 1 aromatic heterocycles. The first-order chi connectivity index (χ1) is 11.1. The van der Waals surface area contributed by atoms with Gasteiger partial charge in [0, 0.05) is 6.07 Å².